The minimum atomic E-state index is -3.04. The molecule has 1 amide bonds. The lowest BCUT2D eigenvalue weighted by Crippen LogP contribution is -2.35. The molecule has 0 saturated heterocycles. The zero-order chi connectivity index (χ0) is 16.0. The molecule has 2 unspecified atom stereocenters. The highest BCUT2D eigenvalue weighted by molar-refractivity contribution is 6.31. The first kappa shape index (κ1) is 17.7. The molecule has 0 radical (unpaired) electrons. The summed E-state index contributed by atoms with van der Waals surface area (Å²) in [4.78, 5) is 12.0. The van der Waals surface area contributed by atoms with Gasteiger partial charge in [0.1, 0.15) is 5.75 Å². The first-order chi connectivity index (χ1) is 9.85. The van der Waals surface area contributed by atoms with Gasteiger partial charge in [-0.3, -0.25) is 4.79 Å². The van der Waals surface area contributed by atoms with Crippen LogP contribution >= 0.6 is 11.6 Å². The summed E-state index contributed by atoms with van der Waals surface area (Å²) in [7, 11) is 0. The predicted molar refractivity (Wildman–Crippen MR) is 75.9 cm³/mol. The molecule has 2 N–H and O–H groups in total. The summed E-state index contributed by atoms with van der Waals surface area (Å²) in [5, 5.41) is 12.5. The molecule has 1 aromatic carbocycles. The topological polar surface area (TPSA) is 58.6 Å². The lowest BCUT2D eigenvalue weighted by molar-refractivity contribution is -0.0501. The number of ether oxygens (including phenoxy) is 1. The highest BCUT2D eigenvalue weighted by atomic mass is 35.5. The van der Waals surface area contributed by atoms with Crippen molar-refractivity contribution in [3.63, 3.8) is 0 Å². The Hall–Kier alpha value is -1.40. The van der Waals surface area contributed by atoms with Gasteiger partial charge in [0.15, 0.2) is 0 Å². The van der Waals surface area contributed by atoms with Crippen molar-refractivity contribution < 1.29 is 23.4 Å². The molecular weight excluding hydrogens is 304 g/mol. The van der Waals surface area contributed by atoms with E-state index in [1.54, 1.807) is 0 Å². The number of carbonyl (C=O) groups excluding carboxylic acids is 1. The van der Waals surface area contributed by atoms with Crippen molar-refractivity contribution >= 4 is 17.5 Å². The molecule has 1 rings (SSSR count). The Morgan fingerprint density at radius 3 is 2.71 bits per heavy atom. The van der Waals surface area contributed by atoms with Crippen molar-refractivity contribution in [3.05, 3.63) is 28.8 Å². The maximum atomic E-state index is 12.3. The van der Waals surface area contributed by atoms with E-state index in [2.05, 4.69) is 10.1 Å². The Labute approximate surface area is 127 Å². The molecule has 7 heteroatoms. The number of halogens is 3. The molecular formula is C14H18ClF2NO3. The largest absolute Gasteiger partial charge is 0.434 e. The molecule has 21 heavy (non-hydrogen) atoms. The molecule has 0 aliphatic carbocycles. The van der Waals surface area contributed by atoms with Crippen LogP contribution < -0.4 is 10.1 Å². The number of carbonyl (C=O) groups is 1. The average Bonchev–Trinajstić information content (AvgIpc) is 2.44. The van der Waals surface area contributed by atoms with E-state index in [4.69, 9.17) is 11.6 Å². The number of alkyl halides is 2. The Balaban J connectivity index is 2.79. The molecule has 0 saturated carbocycles. The van der Waals surface area contributed by atoms with Crippen LogP contribution in [0.1, 0.15) is 30.6 Å². The first-order valence-electron chi connectivity index (χ1n) is 6.55. The van der Waals surface area contributed by atoms with Crippen LogP contribution in [0, 0.1) is 5.92 Å². The van der Waals surface area contributed by atoms with E-state index >= 15 is 0 Å². The summed E-state index contributed by atoms with van der Waals surface area (Å²) in [6, 6.07) is 3.79. The van der Waals surface area contributed by atoms with Gasteiger partial charge in [0.25, 0.3) is 5.91 Å². The molecule has 0 bridgehead atoms. The molecule has 118 valence electrons. The smallest absolute Gasteiger partial charge is 0.387 e. The van der Waals surface area contributed by atoms with Crippen LogP contribution in [0.15, 0.2) is 18.2 Å². The summed E-state index contributed by atoms with van der Waals surface area (Å²) < 4.78 is 28.9. The Morgan fingerprint density at radius 1 is 1.48 bits per heavy atom. The minimum Gasteiger partial charge on any atom is -0.434 e. The molecule has 1 aromatic rings. The summed E-state index contributed by atoms with van der Waals surface area (Å²) >= 11 is 5.76. The second-order valence-corrected chi connectivity index (χ2v) is 5.12. The van der Waals surface area contributed by atoms with Crippen LogP contribution in [0.3, 0.4) is 0 Å². The normalized spacial score (nSPS) is 13.9. The Bertz CT molecular complexity index is 485. The number of nitrogens with one attached hydrogen (secondary N) is 1. The van der Waals surface area contributed by atoms with Gasteiger partial charge in [0, 0.05) is 11.6 Å². The quantitative estimate of drug-likeness (QED) is 0.811. The van der Waals surface area contributed by atoms with E-state index in [1.807, 2.05) is 13.8 Å². The fourth-order valence-electron chi connectivity index (χ4n) is 1.64. The van der Waals surface area contributed by atoms with Crippen LogP contribution in [0.2, 0.25) is 5.02 Å². The number of benzene rings is 1. The number of amides is 1. The first-order valence-corrected chi connectivity index (χ1v) is 6.93. The van der Waals surface area contributed by atoms with E-state index in [0.29, 0.717) is 0 Å². The zero-order valence-electron chi connectivity index (χ0n) is 11.8. The van der Waals surface area contributed by atoms with Gasteiger partial charge in [-0.05, 0) is 24.1 Å². The van der Waals surface area contributed by atoms with Crippen molar-refractivity contribution in [2.75, 3.05) is 6.54 Å². The third kappa shape index (κ3) is 5.47. The van der Waals surface area contributed by atoms with Crippen molar-refractivity contribution in [1.29, 1.82) is 0 Å². The van der Waals surface area contributed by atoms with Gasteiger partial charge in [-0.2, -0.15) is 8.78 Å². The number of aliphatic hydroxyl groups excluding tert-OH is 1. The lowest BCUT2D eigenvalue weighted by Gasteiger charge is -2.18. The van der Waals surface area contributed by atoms with Crippen molar-refractivity contribution in [2.45, 2.75) is 33.0 Å². The number of rotatable bonds is 7. The standard InChI is InChI=1S/C14H18ClF2NO3/c1-3-8(2)11(19)7-18-13(20)10-6-9(15)4-5-12(10)21-14(16)17/h4-6,8,11,14,19H,3,7H2,1-2H3,(H,18,20). The molecule has 0 aliphatic heterocycles. The second kappa shape index (κ2) is 8.14. The second-order valence-electron chi connectivity index (χ2n) is 4.68. The van der Waals surface area contributed by atoms with Gasteiger partial charge in [0.05, 0.1) is 11.7 Å². The van der Waals surface area contributed by atoms with E-state index in [1.165, 1.54) is 18.2 Å². The summed E-state index contributed by atoms with van der Waals surface area (Å²) in [5.41, 5.74) is -0.0980. The maximum Gasteiger partial charge on any atom is 0.387 e. The zero-order valence-corrected chi connectivity index (χ0v) is 12.5. The third-order valence-electron chi connectivity index (χ3n) is 3.17. The van der Waals surface area contributed by atoms with Crippen molar-refractivity contribution in [1.82, 2.24) is 5.32 Å². The Morgan fingerprint density at radius 2 is 2.14 bits per heavy atom. The number of hydrogen-bond donors (Lipinski definition) is 2. The molecule has 0 fully saturated rings. The number of aliphatic hydroxyl groups is 1. The third-order valence-corrected chi connectivity index (χ3v) is 3.41. The highest BCUT2D eigenvalue weighted by Gasteiger charge is 2.18. The fourth-order valence-corrected chi connectivity index (χ4v) is 1.82. The minimum absolute atomic E-state index is 0.0152. The molecule has 0 heterocycles. The molecule has 4 nitrogen and oxygen atoms in total. The van der Waals surface area contributed by atoms with Gasteiger partial charge < -0.3 is 15.2 Å². The predicted octanol–water partition coefficient (Wildman–Crippen LogP) is 3.08. The van der Waals surface area contributed by atoms with E-state index < -0.39 is 18.6 Å². The van der Waals surface area contributed by atoms with Crippen LogP contribution in [0.25, 0.3) is 0 Å². The van der Waals surface area contributed by atoms with Crippen molar-refractivity contribution in [3.8, 4) is 5.75 Å². The molecule has 0 aromatic heterocycles. The van der Waals surface area contributed by atoms with Gasteiger partial charge in [0.2, 0.25) is 0 Å². The van der Waals surface area contributed by atoms with Gasteiger partial charge in [-0.25, -0.2) is 0 Å². The van der Waals surface area contributed by atoms with E-state index in [0.717, 1.165) is 6.42 Å². The summed E-state index contributed by atoms with van der Waals surface area (Å²) in [6.45, 7) is 0.750. The molecule has 2 atom stereocenters. The molecule has 0 aliphatic rings. The summed E-state index contributed by atoms with van der Waals surface area (Å²) in [6.07, 6.45) is 0.0473. The number of hydrogen-bond acceptors (Lipinski definition) is 3. The van der Waals surface area contributed by atoms with Crippen LogP contribution in [-0.2, 0) is 0 Å². The van der Waals surface area contributed by atoms with Crippen LogP contribution in [0.4, 0.5) is 8.78 Å². The SMILES string of the molecule is CCC(C)C(O)CNC(=O)c1cc(Cl)ccc1OC(F)F. The van der Waals surface area contributed by atoms with Crippen LogP contribution in [0.5, 0.6) is 5.75 Å². The molecule has 0 spiro atoms. The van der Waals surface area contributed by atoms with Crippen LogP contribution in [-0.4, -0.2) is 30.3 Å². The van der Waals surface area contributed by atoms with Gasteiger partial charge >= 0.3 is 6.61 Å². The van der Waals surface area contributed by atoms with E-state index in [9.17, 15) is 18.7 Å². The maximum absolute atomic E-state index is 12.3. The fraction of sp³-hybridized carbons (Fsp3) is 0.500. The highest BCUT2D eigenvalue weighted by Crippen LogP contribution is 2.24. The lowest BCUT2D eigenvalue weighted by atomic mass is 10.0. The Kier molecular flexibility index (Phi) is 6.84. The monoisotopic (exact) mass is 321 g/mol. The van der Waals surface area contributed by atoms with E-state index in [-0.39, 0.29) is 28.8 Å². The van der Waals surface area contributed by atoms with Gasteiger partial charge in [-0.1, -0.05) is 31.9 Å². The summed E-state index contributed by atoms with van der Waals surface area (Å²) in [5.74, 6) is -0.873. The van der Waals surface area contributed by atoms with Gasteiger partial charge in [-0.15, -0.1) is 0 Å². The van der Waals surface area contributed by atoms with Crippen molar-refractivity contribution in [2.24, 2.45) is 5.92 Å². The average molecular weight is 322 g/mol.